The maximum atomic E-state index is 13.3. The van der Waals surface area contributed by atoms with Crippen LogP contribution in [0.2, 0.25) is 0 Å². The molecule has 29 heavy (non-hydrogen) atoms. The minimum absolute atomic E-state index is 0.0321. The average molecular weight is 389 g/mol. The average Bonchev–Trinajstić information content (AvgIpc) is 3.16. The highest BCUT2D eigenvalue weighted by atomic mass is 16.4. The first-order valence-corrected chi connectivity index (χ1v) is 9.85. The molecule has 3 aromatic heterocycles. The van der Waals surface area contributed by atoms with Gasteiger partial charge < -0.3 is 18.7 Å². The van der Waals surface area contributed by atoms with E-state index in [4.69, 9.17) is 8.83 Å². The molecule has 1 saturated carbocycles. The van der Waals surface area contributed by atoms with Crippen LogP contribution in [-0.4, -0.2) is 37.5 Å². The molecule has 0 unspecified atom stereocenters. The number of benzene rings is 1. The highest BCUT2D eigenvalue weighted by Crippen LogP contribution is 2.41. The third kappa shape index (κ3) is 2.52. The number of hydrogen-bond donors (Lipinski definition) is 1. The molecule has 1 atom stereocenters. The Kier molecular flexibility index (Phi) is 3.44. The molecule has 0 radical (unpaired) electrons. The van der Waals surface area contributed by atoms with Crippen LogP contribution in [0.15, 0.2) is 39.4 Å². The summed E-state index contributed by atoms with van der Waals surface area (Å²) in [6.45, 7) is 2.53. The van der Waals surface area contributed by atoms with E-state index in [1.165, 1.54) is 0 Å². The number of imidazole rings is 1. The van der Waals surface area contributed by atoms with E-state index >= 15 is 0 Å². The van der Waals surface area contributed by atoms with Crippen LogP contribution >= 0.6 is 0 Å². The van der Waals surface area contributed by atoms with Crippen LogP contribution in [0.1, 0.15) is 64.1 Å². The predicted molar refractivity (Wildman–Crippen MR) is 102 cm³/mol. The van der Waals surface area contributed by atoms with Gasteiger partial charge in [-0.1, -0.05) is 18.2 Å². The third-order valence-electron chi connectivity index (χ3n) is 5.86. The van der Waals surface area contributed by atoms with Gasteiger partial charge in [-0.3, -0.25) is 4.79 Å². The van der Waals surface area contributed by atoms with Gasteiger partial charge in [0.15, 0.2) is 0 Å². The fourth-order valence-electron chi connectivity index (χ4n) is 4.15. The monoisotopic (exact) mass is 389 g/mol. The molecule has 8 nitrogen and oxygen atoms in total. The van der Waals surface area contributed by atoms with Gasteiger partial charge in [-0.2, -0.15) is 0 Å². The molecule has 0 bridgehead atoms. The van der Waals surface area contributed by atoms with E-state index in [1.807, 2.05) is 31.2 Å². The molecule has 4 heterocycles. The van der Waals surface area contributed by atoms with Crippen LogP contribution in [-0.2, 0) is 6.42 Å². The topological polar surface area (TPSA) is 101 Å². The molecule has 6 rings (SSSR count). The van der Waals surface area contributed by atoms with Crippen LogP contribution < -0.4 is 0 Å². The van der Waals surface area contributed by atoms with Crippen molar-refractivity contribution in [2.75, 3.05) is 6.54 Å². The number of para-hydroxylation sites is 1. The lowest BCUT2D eigenvalue weighted by atomic mass is 9.97. The number of carbonyl (C=O) groups is 1. The Bertz CT molecular complexity index is 1230. The van der Waals surface area contributed by atoms with E-state index in [2.05, 4.69) is 20.2 Å². The van der Waals surface area contributed by atoms with Gasteiger partial charge in [-0.25, -0.2) is 4.98 Å². The quantitative estimate of drug-likeness (QED) is 0.575. The van der Waals surface area contributed by atoms with E-state index in [-0.39, 0.29) is 11.8 Å². The first kappa shape index (κ1) is 16.5. The number of carbonyl (C=O) groups excluding carboxylic acids is 1. The van der Waals surface area contributed by atoms with Crippen molar-refractivity contribution in [3.63, 3.8) is 0 Å². The lowest BCUT2D eigenvalue weighted by molar-refractivity contribution is 0.0629. The molecule has 146 valence electrons. The lowest BCUT2D eigenvalue weighted by Gasteiger charge is -2.33. The van der Waals surface area contributed by atoms with Gasteiger partial charge in [0.25, 0.3) is 0 Å². The van der Waals surface area contributed by atoms with Crippen molar-refractivity contribution < 1.29 is 13.6 Å². The van der Waals surface area contributed by atoms with Crippen LogP contribution in [0.25, 0.3) is 11.0 Å². The Labute approximate surface area is 165 Å². The second-order valence-corrected chi connectivity index (χ2v) is 7.72. The van der Waals surface area contributed by atoms with E-state index in [1.54, 1.807) is 11.2 Å². The zero-order chi connectivity index (χ0) is 19.5. The van der Waals surface area contributed by atoms with Crippen molar-refractivity contribution >= 4 is 16.9 Å². The molecule has 1 aliphatic heterocycles. The zero-order valence-corrected chi connectivity index (χ0v) is 15.9. The number of hydrogen-bond acceptors (Lipinski definition) is 6. The largest absolute Gasteiger partial charge is 0.458 e. The second-order valence-electron chi connectivity index (χ2n) is 7.72. The Hall–Kier alpha value is -3.42. The van der Waals surface area contributed by atoms with Gasteiger partial charge in [-0.05, 0) is 25.8 Å². The summed E-state index contributed by atoms with van der Waals surface area (Å²) in [7, 11) is 0. The minimum Gasteiger partial charge on any atom is -0.458 e. The first-order chi connectivity index (χ1) is 14.2. The Balaban J connectivity index is 1.46. The van der Waals surface area contributed by atoms with Crippen LogP contribution in [0, 0.1) is 6.92 Å². The highest BCUT2D eigenvalue weighted by molar-refractivity contribution is 5.90. The highest BCUT2D eigenvalue weighted by Gasteiger charge is 2.40. The Morgan fingerprint density at radius 3 is 2.90 bits per heavy atom. The molecule has 4 aromatic rings. The molecule has 1 aromatic carbocycles. The van der Waals surface area contributed by atoms with Gasteiger partial charge >= 0.3 is 11.8 Å². The number of nitrogens with zero attached hydrogens (tertiary/aromatic N) is 4. The van der Waals surface area contributed by atoms with Crippen molar-refractivity contribution in [1.82, 2.24) is 25.1 Å². The minimum atomic E-state index is -0.443. The lowest BCUT2D eigenvalue weighted by Crippen LogP contribution is -2.41. The number of aromatic amines is 1. The van der Waals surface area contributed by atoms with Crippen molar-refractivity contribution in [2.24, 2.45) is 0 Å². The molecule has 1 fully saturated rings. The van der Waals surface area contributed by atoms with Crippen LogP contribution in [0.4, 0.5) is 0 Å². The predicted octanol–water partition coefficient (Wildman–Crippen LogP) is 3.51. The van der Waals surface area contributed by atoms with Gasteiger partial charge in [0, 0.05) is 35.5 Å². The van der Waals surface area contributed by atoms with Crippen molar-refractivity contribution in [3.8, 4) is 0 Å². The molecule has 8 heteroatoms. The van der Waals surface area contributed by atoms with Crippen molar-refractivity contribution in [2.45, 2.75) is 38.1 Å². The number of fused-ring (bicyclic) bond motifs is 2. The zero-order valence-electron chi connectivity index (χ0n) is 15.9. The SMILES string of the molecule is Cc1c([C@@H]2c3nc[nH]c3CCN2C(=O)c2nnc(C3CC3)o2)oc2ccccc12. The molecular weight excluding hydrogens is 370 g/mol. The van der Waals surface area contributed by atoms with E-state index in [0.29, 0.717) is 24.8 Å². The maximum Gasteiger partial charge on any atom is 0.312 e. The fraction of sp³-hybridized carbons (Fsp3) is 0.333. The number of furan rings is 1. The number of aryl methyl sites for hydroxylation is 1. The molecule has 1 N–H and O–H groups in total. The van der Waals surface area contributed by atoms with Crippen LogP contribution in [0.5, 0.6) is 0 Å². The molecule has 1 aliphatic carbocycles. The number of amides is 1. The third-order valence-corrected chi connectivity index (χ3v) is 5.86. The van der Waals surface area contributed by atoms with Gasteiger partial charge in [0.1, 0.15) is 17.4 Å². The molecule has 1 amide bonds. The summed E-state index contributed by atoms with van der Waals surface area (Å²) >= 11 is 0. The van der Waals surface area contributed by atoms with E-state index in [9.17, 15) is 4.79 Å². The van der Waals surface area contributed by atoms with Gasteiger partial charge in [0.2, 0.25) is 5.89 Å². The van der Waals surface area contributed by atoms with Gasteiger partial charge in [0.05, 0.1) is 12.0 Å². The summed E-state index contributed by atoms with van der Waals surface area (Å²) in [6, 6.07) is 7.44. The first-order valence-electron chi connectivity index (χ1n) is 9.85. The normalized spacial score (nSPS) is 18.9. The molecule has 0 saturated heterocycles. The summed E-state index contributed by atoms with van der Waals surface area (Å²) in [5.41, 5.74) is 3.61. The van der Waals surface area contributed by atoms with E-state index in [0.717, 1.165) is 46.5 Å². The van der Waals surface area contributed by atoms with Crippen LogP contribution in [0.3, 0.4) is 0 Å². The summed E-state index contributed by atoms with van der Waals surface area (Å²) in [5.74, 6) is 1.32. The fourth-order valence-corrected chi connectivity index (χ4v) is 4.15. The number of rotatable bonds is 3. The Morgan fingerprint density at radius 2 is 2.07 bits per heavy atom. The summed E-state index contributed by atoms with van der Waals surface area (Å²) in [6.07, 6.45) is 4.43. The summed E-state index contributed by atoms with van der Waals surface area (Å²) < 4.78 is 11.9. The smallest absolute Gasteiger partial charge is 0.312 e. The number of H-pyrrole nitrogens is 1. The molecule has 0 spiro atoms. The Morgan fingerprint density at radius 1 is 1.21 bits per heavy atom. The van der Waals surface area contributed by atoms with Crippen molar-refractivity contribution in [3.05, 3.63) is 65.1 Å². The maximum absolute atomic E-state index is 13.3. The number of nitrogens with one attached hydrogen (secondary N) is 1. The van der Waals surface area contributed by atoms with Gasteiger partial charge in [-0.15, -0.1) is 10.2 Å². The molecule has 2 aliphatic rings. The second kappa shape index (κ2) is 6.04. The molecular formula is C21H19N5O3. The van der Waals surface area contributed by atoms with E-state index < -0.39 is 6.04 Å². The van der Waals surface area contributed by atoms with Crippen molar-refractivity contribution in [1.29, 1.82) is 0 Å². The number of aromatic nitrogens is 4. The standard InChI is InChI=1S/C21H19N5O3/c1-11-13-4-2-3-5-15(13)28-18(11)17-16-14(22-10-23-16)8-9-26(17)21(27)20-25-24-19(29-20)12-6-7-12/h2-5,10,12,17H,6-9H2,1H3,(H,22,23)/t17-/m0/s1. The summed E-state index contributed by atoms with van der Waals surface area (Å²) in [4.78, 5) is 22.8. The summed E-state index contributed by atoms with van der Waals surface area (Å²) in [5, 5.41) is 9.13.